The number of rotatable bonds is 14. The molecule has 1 saturated heterocycles. The third-order valence-corrected chi connectivity index (χ3v) is 7.24. The maximum absolute atomic E-state index is 13.5. The topological polar surface area (TPSA) is 72.7 Å². The lowest BCUT2D eigenvalue weighted by molar-refractivity contribution is 0.0745. The highest BCUT2D eigenvalue weighted by Crippen LogP contribution is 2.28. The van der Waals surface area contributed by atoms with Crippen molar-refractivity contribution in [3.8, 4) is 17.5 Å². The minimum atomic E-state index is -0.00695. The molecule has 1 fully saturated rings. The molecule has 0 spiro atoms. The number of hydrogen-bond acceptors (Lipinski definition) is 6. The summed E-state index contributed by atoms with van der Waals surface area (Å²) in [6.45, 7) is 9.97. The van der Waals surface area contributed by atoms with Gasteiger partial charge in [-0.25, -0.2) is 4.98 Å². The monoisotopic (exact) mass is 521 g/mol. The molecule has 1 aromatic carbocycles. The number of benzene rings is 1. The molecule has 0 bridgehead atoms. The fourth-order valence-corrected chi connectivity index (χ4v) is 4.98. The molecule has 0 unspecified atom stereocenters. The van der Waals surface area contributed by atoms with Gasteiger partial charge in [0.2, 0.25) is 0 Å². The van der Waals surface area contributed by atoms with Crippen molar-refractivity contribution >= 4 is 16.9 Å². The third-order valence-electron chi connectivity index (χ3n) is 7.24. The predicted octanol–water partition coefficient (Wildman–Crippen LogP) is 6.15. The smallest absolute Gasteiger partial charge is 0.302 e. The summed E-state index contributed by atoms with van der Waals surface area (Å²) in [4.78, 5) is 27.3. The Morgan fingerprint density at radius 3 is 2.29 bits per heavy atom. The van der Waals surface area contributed by atoms with E-state index in [0.29, 0.717) is 17.5 Å². The maximum atomic E-state index is 13.5. The molecular formula is C30H43N5O3. The Hall–Kier alpha value is -3.13. The molecular weight excluding hydrogens is 478 g/mol. The van der Waals surface area contributed by atoms with Gasteiger partial charge in [-0.05, 0) is 82.1 Å². The summed E-state index contributed by atoms with van der Waals surface area (Å²) >= 11 is 0. The molecule has 0 N–H and O–H groups in total. The number of piperidine rings is 1. The molecule has 4 rings (SSSR count). The number of unbranched alkanes of at least 4 members (excludes halogenated alkanes) is 2. The Morgan fingerprint density at radius 2 is 1.63 bits per heavy atom. The lowest BCUT2D eigenvalue weighted by atomic mass is 10.1. The van der Waals surface area contributed by atoms with Gasteiger partial charge < -0.3 is 19.3 Å². The first-order valence-electron chi connectivity index (χ1n) is 14.3. The van der Waals surface area contributed by atoms with Gasteiger partial charge in [-0.1, -0.05) is 33.1 Å². The molecule has 1 amide bonds. The van der Waals surface area contributed by atoms with Gasteiger partial charge in [0, 0.05) is 19.6 Å². The summed E-state index contributed by atoms with van der Waals surface area (Å²) in [5.74, 6) is 1.45. The molecule has 1 aliphatic rings. The molecule has 2 aromatic heterocycles. The summed E-state index contributed by atoms with van der Waals surface area (Å²) in [5.41, 5.74) is 2.09. The fourth-order valence-electron chi connectivity index (χ4n) is 4.98. The van der Waals surface area contributed by atoms with Gasteiger partial charge in [-0.15, -0.1) is 0 Å². The van der Waals surface area contributed by atoms with Crippen LogP contribution in [0.5, 0.6) is 17.5 Å². The number of amides is 1. The summed E-state index contributed by atoms with van der Waals surface area (Å²) in [6.07, 6.45) is 10.7. The highest BCUT2D eigenvalue weighted by Gasteiger charge is 2.20. The van der Waals surface area contributed by atoms with Crippen LogP contribution in [-0.4, -0.2) is 70.1 Å². The van der Waals surface area contributed by atoms with Crippen LogP contribution in [0.4, 0.5) is 0 Å². The van der Waals surface area contributed by atoms with E-state index in [1.807, 2.05) is 35.2 Å². The second kappa shape index (κ2) is 14.1. The third kappa shape index (κ3) is 7.25. The van der Waals surface area contributed by atoms with Gasteiger partial charge in [0.15, 0.2) is 0 Å². The number of nitrogens with zero attached hydrogens (tertiary/aromatic N) is 5. The van der Waals surface area contributed by atoms with E-state index in [1.54, 1.807) is 13.3 Å². The average Bonchev–Trinajstić information content (AvgIpc) is 3.29. The van der Waals surface area contributed by atoms with Crippen molar-refractivity contribution in [3.05, 3.63) is 42.2 Å². The average molecular weight is 522 g/mol. The van der Waals surface area contributed by atoms with E-state index in [9.17, 15) is 4.79 Å². The second-order valence-corrected chi connectivity index (χ2v) is 10.1. The van der Waals surface area contributed by atoms with Gasteiger partial charge >= 0.3 is 6.01 Å². The van der Waals surface area contributed by atoms with Crippen LogP contribution in [0, 0.1) is 0 Å². The van der Waals surface area contributed by atoms with Crippen molar-refractivity contribution in [2.75, 3.05) is 39.8 Å². The van der Waals surface area contributed by atoms with Crippen molar-refractivity contribution < 1.29 is 14.3 Å². The Morgan fingerprint density at radius 1 is 0.947 bits per heavy atom. The van der Waals surface area contributed by atoms with Crippen LogP contribution in [0.1, 0.15) is 75.7 Å². The first-order valence-corrected chi connectivity index (χ1v) is 14.3. The van der Waals surface area contributed by atoms with E-state index in [1.165, 1.54) is 32.4 Å². The molecule has 0 atom stereocenters. The number of ether oxygens (including phenoxy) is 2. The summed E-state index contributed by atoms with van der Waals surface area (Å²) in [7, 11) is 1.65. The maximum Gasteiger partial charge on any atom is 0.302 e. The van der Waals surface area contributed by atoms with Crippen molar-refractivity contribution in [1.82, 2.24) is 24.3 Å². The number of imidazole rings is 1. The van der Waals surface area contributed by atoms with Crippen molar-refractivity contribution in [3.63, 3.8) is 0 Å². The van der Waals surface area contributed by atoms with E-state index in [0.717, 1.165) is 75.1 Å². The fraction of sp³-hybridized carbons (Fsp3) is 0.567. The zero-order valence-electron chi connectivity index (χ0n) is 23.3. The van der Waals surface area contributed by atoms with E-state index in [-0.39, 0.29) is 5.91 Å². The minimum Gasteiger partial charge on any atom is -0.497 e. The standard InChI is InChI=1S/C30H43N5O3/c1-4-6-19-34(20-7-5-2)29(36)26-22-28-27(23-31-26)32-30(38-25-14-12-24(37-3)13-15-25)35(28)21-11-18-33-16-9-8-10-17-33/h12-15,22-23H,4-11,16-21H2,1-3H3. The lowest BCUT2D eigenvalue weighted by Crippen LogP contribution is -2.33. The number of likely N-dealkylation sites (tertiary alicyclic amines) is 1. The molecule has 206 valence electrons. The van der Waals surface area contributed by atoms with Crippen LogP contribution in [0.15, 0.2) is 36.5 Å². The predicted molar refractivity (Wildman–Crippen MR) is 151 cm³/mol. The lowest BCUT2D eigenvalue weighted by Gasteiger charge is -2.26. The van der Waals surface area contributed by atoms with E-state index >= 15 is 0 Å². The molecule has 38 heavy (non-hydrogen) atoms. The SMILES string of the molecule is CCCCN(CCCC)C(=O)c1cc2c(cn1)nc(Oc1ccc(OC)cc1)n2CCCN1CCCCC1. The number of pyridine rings is 1. The molecule has 3 heterocycles. The van der Waals surface area contributed by atoms with Crippen LogP contribution in [-0.2, 0) is 6.54 Å². The molecule has 3 aromatic rings. The number of carbonyl (C=O) groups excluding carboxylic acids is 1. The summed E-state index contributed by atoms with van der Waals surface area (Å²) < 4.78 is 13.6. The van der Waals surface area contributed by atoms with Crippen molar-refractivity contribution in [2.24, 2.45) is 0 Å². The van der Waals surface area contributed by atoms with Crippen LogP contribution >= 0.6 is 0 Å². The van der Waals surface area contributed by atoms with Crippen molar-refractivity contribution in [2.45, 2.75) is 71.8 Å². The molecule has 8 heteroatoms. The first kappa shape index (κ1) is 27.9. The van der Waals surface area contributed by atoms with Crippen LogP contribution in [0.25, 0.3) is 11.0 Å². The minimum absolute atomic E-state index is 0.00695. The molecule has 0 saturated carbocycles. The molecule has 0 aliphatic carbocycles. The Bertz CT molecular complexity index is 1150. The normalized spacial score (nSPS) is 14.1. The Balaban J connectivity index is 1.60. The number of aromatic nitrogens is 3. The van der Waals surface area contributed by atoms with Crippen LogP contribution in [0.3, 0.4) is 0 Å². The first-order chi connectivity index (χ1) is 18.6. The number of hydrogen-bond donors (Lipinski definition) is 0. The van der Waals surface area contributed by atoms with Crippen LogP contribution in [0.2, 0.25) is 0 Å². The van der Waals surface area contributed by atoms with Gasteiger partial charge in [-0.3, -0.25) is 9.36 Å². The zero-order chi connectivity index (χ0) is 26.7. The molecule has 0 radical (unpaired) electrons. The van der Waals surface area contributed by atoms with Gasteiger partial charge in [0.05, 0.1) is 18.8 Å². The molecule has 8 nitrogen and oxygen atoms in total. The number of aryl methyl sites for hydroxylation is 1. The highest BCUT2D eigenvalue weighted by atomic mass is 16.5. The van der Waals surface area contributed by atoms with Crippen LogP contribution < -0.4 is 9.47 Å². The second-order valence-electron chi connectivity index (χ2n) is 10.1. The molecule has 1 aliphatic heterocycles. The van der Waals surface area contributed by atoms with Gasteiger partial charge in [0.25, 0.3) is 5.91 Å². The number of methoxy groups -OCH3 is 1. The van der Waals surface area contributed by atoms with Gasteiger partial charge in [0.1, 0.15) is 22.7 Å². The van der Waals surface area contributed by atoms with E-state index in [2.05, 4.69) is 28.3 Å². The van der Waals surface area contributed by atoms with Crippen molar-refractivity contribution in [1.29, 1.82) is 0 Å². The Kier molecular flexibility index (Phi) is 10.4. The zero-order valence-corrected chi connectivity index (χ0v) is 23.3. The summed E-state index contributed by atoms with van der Waals surface area (Å²) in [6, 6.07) is 9.92. The number of carbonyl (C=O) groups is 1. The largest absolute Gasteiger partial charge is 0.497 e. The highest BCUT2D eigenvalue weighted by molar-refractivity contribution is 5.95. The van der Waals surface area contributed by atoms with Gasteiger partial charge in [-0.2, -0.15) is 4.98 Å². The van der Waals surface area contributed by atoms with E-state index < -0.39 is 0 Å². The quantitative estimate of drug-likeness (QED) is 0.253. The summed E-state index contributed by atoms with van der Waals surface area (Å²) in [5, 5.41) is 0. The van der Waals surface area contributed by atoms with E-state index in [4.69, 9.17) is 14.5 Å². The number of fused-ring (bicyclic) bond motifs is 1. The Labute approximate surface area is 226 Å².